The lowest BCUT2D eigenvalue weighted by atomic mass is 10.2. The molecular weight excluding hydrogens is 420 g/mol. The summed E-state index contributed by atoms with van der Waals surface area (Å²) in [4.78, 5) is 49.6. The Labute approximate surface area is 173 Å². The summed E-state index contributed by atoms with van der Waals surface area (Å²) in [5.74, 6) is -1.89. The number of nitro benzene ring substituents is 1. The van der Waals surface area contributed by atoms with E-state index < -0.39 is 29.2 Å². The maximum atomic E-state index is 12.0. The van der Waals surface area contributed by atoms with E-state index in [1.165, 1.54) is 22.9 Å². The molecule has 2 heterocycles. The molecule has 156 valence electrons. The third kappa shape index (κ3) is 5.00. The number of benzene rings is 1. The number of ether oxygens (including phenoxy) is 1. The van der Waals surface area contributed by atoms with Gasteiger partial charge in [-0.3, -0.25) is 24.3 Å². The molecule has 0 saturated heterocycles. The van der Waals surface area contributed by atoms with E-state index >= 15 is 0 Å². The van der Waals surface area contributed by atoms with Crippen LogP contribution in [0, 0.1) is 10.1 Å². The van der Waals surface area contributed by atoms with Crippen molar-refractivity contribution < 1.29 is 23.7 Å². The van der Waals surface area contributed by atoms with Gasteiger partial charge >= 0.3 is 11.7 Å². The Morgan fingerprint density at radius 2 is 2.13 bits per heavy atom. The van der Waals surface area contributed by atoms with E-state index in [0.717, 1.165) is 6.07 Å². The number of rotatable bonds is 8. The molecule has 0 saturated carbocycles. The molecule has 1 aromatic carbocycles. The lowest BCUT2D eigenvalue weighted by Gasteiger charge is -2.07. The zero-order chi connectivity index (χ0) is 21.7. The number of oxazole rings is 1. The molecule has 1 amide bonds. The van der Waals surface area contributed by atoms with E-state index in [2.05, 4.69) is 10.3 Å². The minimum absolute atomic E-state index is 0.0486. The summed E-state index contributed by atoms with van der Waals surface area (Å²) in [6.07, 6.45) is 1.65. The summed E-state index contributed by atoms with van der Waals surface area (Å²) >= 11 is 5.82. The van der Waals surface area contributed by atoms with Crippen LogP contribution in [-0.2, 0) is 20.9 Å². The van der Waals surface area contributed by atoms with Gasteiger partial charge < -0.3 is 14.5 Å². The van der Waals surface area contributed by atoms with Crippen molar-refractivity contribution in [3.05, 3.63) is 62.3 Å². The van der Waals surface area contributed by atoms with Crippen LogP contribution in [0.15, 0.2) is 45.7 Å². The topological polar surface area (TPSA) is 147 Å². The van der Waals surface area contributed by atoms with Crippen LogP contribution in [0.3, 0.4) is 0 Å². The van der Waals surface area contributed by atoms with Crippen molar-refractivity contribution in [1.29, 1.82) is 0 Å². The van der Waals surface area contributed by atoms with Gasteiger partial charge in [0.15, 0.2) is 17.3 Å². The highest BCUT2D eigenvalue weighted by Crippen LogP contribution is 2.20. The third-order valence-corrected chi connectivity index (χ3v) is 4.32. The number of aryl methyl sites for hydroxylation is 1. The molecule has 0 aliphatic rings. The van der Waals surface area contributed by atoms with Gasteiger partial charge in [0, 0.05) is 25.2 Å². The molecule has 0 atom stereocenters. The van der Waals surface area contributed by atoms with E-state index in [0.29, 0.717) is 11.2 Å². The molecule has 2 aromatic heterocycles. The maximum Gasteiger partial charge on any atom is 0.419 e. The summed E-state index contributed by atoms with van der Waals surface area (Å²) in [5, 5.41) is 13.4. The van der Waals surface area contributed by atoms with E-state index in [9.17, 15) is 24.5 Å². The molecule has 1 N–H and O–H groups in total. The highest BCUT2D eigenvalue weighted by molar-refractivity contribution is 6.32. The number of carbonyl (C=O) groups excluding carboxylic acids is 2. The Morgan fingerprint density at radius 3 is 2.87 bits per heavy atom. The molecular formula is C18H15ClN4O7. The second kappa shape index (κ2) is 9.18. The lowest BCUT2D eigenvalue weighted by Crippen LogP contribution is -2.21. The fourth-order valence-electron chi connectivity index (χ4n) is 2.65. The molecule has 0 fully saturated rings. The van der Waals surface area contributed by atoms with Crippen LogP contribution in [0.4, 0.5) is 11.4 Å². The number of hydrogen-bond acceptors (Lipinski definition) is 8. The third-order valence-electron chi connectivity index (χ3n) is 4.02. The van der Waals surface area contributed by atoms with Crippen LogP contribution >= 0.6 is 11.6 Å². The van der Waals surface area contributed by atoms with Crippen LogP contribution in [-0.4, -0.2) is 33.0 Å². The van der Waals surface area contributed by atoms with Crippen molar-refractivity contribution in [2.45, 2.75) is 19.4 Å². The number of fused-ring (bicyclic) bond motifs is 1. The molecule has 30 heavy (non-hydrogen) atoms. The van der Waals surface area contributed by atoms with E-state index in [1.807, 2.05) is 0 Å². The van der Waals surface area contributed by atoms with Gasteiger partial charge in [0.2, 0.25) is 0 Å². The molecule has 11 nitrogen and oxygen atoms in total. The Kier molecular flexibility index (Phi) is 6.42. The van der Waals surface area contributed by atoms with Crippen molar-refractivity contribution in [3.8, 4) is 0 Å². The second-order valence-electron chi connectivity index (χ2n) is 6.08. The zero-order valence-corrected chi connectivity index (χ0v) is 16.1. The van der Waals surface area contributed by atoms with Gasteiger partial charge in [-0.2, -0.15) is 0 Å². The highest BCUT2D eigenvalue weighted by atomic mass is 35.5. The van der Waals surface area contributed by atoms with Crippen molar-refractivity contribution in [3.63, 3.8) is 0 Å². The summed E-state index contributed by atoms with van der Waals surface area (Å²) in [6, 6.07) is 6.97. The molecule has 0 bridgehead atoms. The number of pyridine rings is 1. The minimum Gasteiger partial charge on any atom is -0.456 e. The van der Waals surface area contributed by atoms with Crippen LogP contribution in [0.5, 0.6) is 0 Å². The van der Waals surface area contributed by atoms with Crippen LogP contribution in [0.25, 0.3) is 11.1 Å². The molecule has 3 rings (SSSR count). The number of hydrogen-bond donors (Lipinski definition) is 1. The normalized spacial score (nSPS) is 10.7. The number of nitrogens with one attached hydrogen (secondary N) is 1. The average molecular weight is 435 g/mol. The monoisotopic (exact) mass is 434 g/mol. The molecule has 3 aromatic rings. The second-order valence-corrected chi connectivity index (χ2v) is 6.44. The minimum atomic E-state index is -0.688. The van der Waals surface area contributed by atoms with Gasteiger partial charge in [-0.05, 0) is 24.6 Å². The number of nitro groups is 1. The molecule has 12 heteroatoms. The number of non-ortho nitro benzene ring substituents is 1. The van der Waals surface area contributed by atoms with E-state index in [1.54, 1.807) is 12.1 Å². The van der Waals surface area contributed by atoms with Gasteiger partial charge in [0.05, 0.1) is 22.2 Å². The number of aromatic nitrogens is 2. The number of amides is 1. The highest BCUT2D eigenvalue weighted by Gasteiger charge is 2.15. The number of anilines is 1. The molecule has 0 radical (unpaired) electrons. The van der Waals surface area contributed by atoms with Gasteiger partial charge in [-0.15, -0.1) is 0 Å². The van der Waals surface area contributed by atoms with E-state index in [-0.39, 0.29) is 35.8 Å². The van der Waals surface area contributed by atoms with Gasteiger partial charge in [0.25, 0.3) is 11.6 Å². The SMILES string of the molecule is O=C(COC(=O)CCCn1c(=O)oc2cc([N+](=O)[O-])ccc21)Nc1cccnc1Cl. The molecule has 0 unspecified atom stereocenters. The smallest absolute Gasteiger partial charge is 0.419 e. The quantitative estimate of drug-likeness (QED) is 0.246. The van der Waals surface area contributed by atoms with Gasteiger partial charge in [-0.1, -0.05) is 11.6 Å². The number of nitrogens with zero attached hydrogens (tertiary/aromatic N) is 3. The summed E-state index contributed by atoms with van der Waals surface area (Å²) < 4.78 is 11.2. The number of esters is 1. The van der Waals surface area contributed by atoms with Crippen molar-refractivity contribution >= 4 is 46.0 Å². The predicted molar refractivity (Wildman–Crippen MR) is 105 cm³/mol. The Morgan fingerprint density at radius 1 is 1.33 bits per heavy atom. The summed E-state index contributed by atoms with van der Waals surface area (Å²) in [6.45, 7) is -0.363. The first-order valence-corrected chi connectivity index (χ1v) is 9.06. The summed E-state index contributed by atoms with van der Waals surface area (Å²) in [7, 11) is 0. The fraction of sp³-hybridized carbons (Fsp3) is 0.222. The Hall–Kier alpha value is -3.73. The first-order chi connectivity index (χ1) is 14.3. The molecule has 0 spiro atoms. The Balaban J connectivity index is 1.49. The average Bonchev–Trinajstić information content (AvgIpc) is 3.02. The van der Waals surface area contributed by atoms with Crippen molar-refractivity contribution in [1.82, 2.24) is 9.55 Å². The number of halogens is 1. The Bertz CT molecular complexity index is 1170. The first-order valence-electron chi connectivity index (χ1n) is 8.69. The molecule has 0 aliphatic carbocycles. The molecule has 0 aliphatic heterocycles. The maximum absolute atomic E-state index is 12.0. The van der Waals surface area contributed by atoms with Crippen LogP contribution in [0.2, 0.25) is 5.15 Å². The number of carbonyl (C=O) groups is 2. The standard InChI is InChI=1S/C18H15ClN4O7/c19-17-12(3-1-7-20-17)21-15(24)10-29-16(25)4-2-8-22-13-6-5-11(23(27)28)9-14(13)30-18(22)26/h1,3,5-7,9H,2,4,8,10H2,(H,21,24). The fourth-order valence-corrected chi connectivity index (χ4v) is 2.81. The van der Waals surface area contributed by atoms with E-state index in [4.69, 9.17) is 20.8 Å². The van der Waals surface area contributed by atoms with Gasteiger partial charge in [-0.25, -0.2) is 9.78 Å². The first kappa shape index (κ1) is 21.0. The van der Waals surface area contributed by atoms with Crippen LogP contribution in [0.1, 0.15) is 12.8 Å². The predicted octanol–water partition coefficient (Wildman–Crippen LogP) is 2.51. The van der Waals surface area contributed by atoms with Crippen LogP contribution < -0.4 is 11.1 Å². The van der Waals surface area contributed by atoms with Crippen molar-refractivity contribution in [2.75, 3.05) is 11.9 Å². The zero-order valence-electron chi connectivity index (χ0n) is 15.4. The summed E-state index contributed by atoms with van der Waals surface area (Å²) in [5.41, 5.74) is 0.568. The van der Waals surface area contributed by atoms with Gasteiger partial charge in [0.1, 0.15) is 0 Å². The van der Waals surface area contributed by atoms with Crippen molar-refractivity contribution in [2.24, 2.45) is 0 Å². The largest absolute Gasteiger partial charge is 0.456 e. The lowest BCUT2D eigenvalue weighted by molar-refractivity contribution is -0.384.